The first-order valence-corrected chi connectivity index (χ1v) is 26.0. The van der Waals surface area contributed by atoms with Gasteiger partial charge < -0.3 is 20.1 Å². The fourth-order valence-corrected chi connectivity index (χ4v) is 12.5. The van der Waals surface area contributed by atoms with Gasteiger partial charge in [-0.05, 0) is 160 Å². The second-order valence-electron chi connectivity index (χ2n) is 20.2. The number of carboxylic acid groups (broad SMARTS) is 1. The molecule has 0 bridgehead atoms. The number of anilines is 3. The number of benzene rings is 4. The second kappa shape index (κ2) is 19.8. The van der Waals surface area contributed by atoms with Crippen LogP contribution in [-0.2, 0) is 34.4 Å². The van der Waals surface area contributed by atoms with Crippen LogP contribution in [0.4, 0.5) is 16.6 Å². The zero-order valence-corrected chi connectivity index (χ0v) is 41.7. The summed E-state index contributed by atoms with van der Waals surface area (Å²) in [4.78, 5) is 77.7. The molecule has 3 aromatic heterocycles. The van der Waals surface area contributed by atoms with Crippen LogP contribution in [0.15, 0.2) is 91.0 Å². The van der Waals surface area contributed by atoms with Gasteiger partial charge in [0, 0.05) is 48.8 Å². The van der Waals surface area contributed by atoms with Crippen molar-refractivity contribution in [1.82, 2.24) is 30.0 Å². The molecule has 17 heteroatoms. The molecule has 3 aliphatic heterocycles. The molecule has 1 saturated carbocycles. The zero-order valence-electron chi connectivity index (χ0n) is 40.9. The summed E-state index contributed by atoms with van der Waals surface area (Å²) >= 11 is 1.43. The molecule has 7 aromatic rings. The molecule has 4 amide bonds. The van der Waals surface area contributed by atoms with E-state index >= 15 is 0 Å². The molecule has 0 radical (unpaired) electrons. The number of aryl methyl sites for hydroxylation is 1. The molecule has 2 saturated heterocycles. The number of pyridine rings is 1. The number of ether oxygens (including phenoxy) is 1. The first-order valence-electron chi connectivity index (χ1n) is 25.2. The van der Waals surface area contributed by atoms with Crippen LogP contribution >= 0.6 is 11.3 Å². The lowest BCUT2D eigenvalue weighted by Crippen LogP contribution is -2.42. The van der Waals surface area contributed by atoms with Crippen molar-refractivity contribution in [3.63, 3.8) is 0 Å². The predicted octanol–water partition coefficient (Wildman–Crippen LogP) is 8.88. The fraction of sp³-hybridized carbons (Fsp3) is 0.357. The molecule has 2 atom stereocenters. The molecular formula is C56H57N9O7S. The number of imide groups is 1. The predicted molar refractivity (Wildman–Crippen MR) is 280 cm³/mol. The van der Waals surface area contributed by atoms with Crippen LogP contribution in [0.25, 0.3) is 32.2 Å². The summed E-state index contributed by atoms with van der Waals surface area (Å²) in [7, 11) is 1.81. The van der Waals surface area contributed by atoms with Crippen molar-refractivity contribution in [2.75, 3.05) is 48.3 Å². The molecule has 11 rings (SSSR count). The number of amides is 4. The van der Waals surface area contributed by atoms with Crippen molar-refractivity contribution in [2.24, 2.45) is 18.4 Å². The Morgan fingerprint density at radius 1 is 0.890 bits per heavy atom. The number of nitrogens with one attached hydrogen (secondary N) is 3. The third-order valence-corrected chi connectivity index (χ3v) is 16.6. The molecule has 1 spiro atoms. The van der Waals surface area contributed by atoms with Crippen LogP contribution in [0.5, 0.6) is 5.75 Å². The normalized spacial score (nSPS) is 18.7. The van der Waals surface area contributed by atoms with Crippen LogP contribution in [0.2, 0.25) is 0 Å². The fourth-order valence-electron chi connectivity index (χ4n) is 11.7. The Hall–Kier alpha value is -7.50. The summed E-state index contributed by atoms with van der Waals surface area (Å²) in [6, 6.07) is 28.6. The lowest BCUT2D eigenvalue weighted by molar-refractivity contribution is -0.134. The van der Waals surface area contributed by atoms with E-state index in [0.29, 0.717) is 78.5 Å². The standard InChI is InChI=1S/C56H57N9O7S/c1-33-37(38-15-17-47(59-51(38)54(70)71)65-25-20-35-7-5-9-39(42(35)31-65)52(68)61-55-58-43-10-3-4-12-46(43)73-55)8-6-11-45(33)72-28-21-34-19-22-56(30-34)23-26-64(27-24-56)32-49(67)57-36-13-14-40-44(29-36)63(2)62-50(40)41-16-18-48(66)60-53(41)69/h3-15,17,29,34,41H,16,18-28,30-32H2,1-2H3,(H,57,67)(H,70,71)(H,58,61,68)(H,60,66,69). The van der Waals surface area contributed by atoms with Gasteiger partial charge in [0.15, 0.2) is 10.8 Å². The number of carboxylic acids is 1. The number of nitrogens with zero attached hydrogens (tertiary/aromatic N) is 6. The molecule has 4 N–H and O–H groups in total. The first kappa shape index (κ1) is 47.8. The third-order valence-electron chi connectivity index (χ3n) is 15.6. The molecule has 2 unspecified atom stereocenters. The van der Waals surface area contributed by atoms with E-state index in [-0.39, 0.29) is 41.2 Å². The number of hydrogen-bond donors (Lipinski definition) is 4. The molecule has 4 aromatic carbocycles. The van der Waals surface area contributed by atoms with Gasteiger partial charge in [0.05, 0.1) is 40.5 Å². The monoisotopic (exact) mass is 999 g/mol. The van der Waals surface area contributed by atoms with Crippen molar-refractivity contribution in [1.29, 1.82) is 0 Å². The highest BCUT2D eigenvalue weighted by Crippen LogP contribution is 2.50. The van der Waals surface area contributed by atoms with E-state index in [0.717, 1.165) is 94.3 Å². The average molecular weight is 1000 g/mol. The Morgan fingerprint density at radius 3 is 2.55 bits per heavy atom. The Bertz CT molecular complexity index is 3310. The smallest absolute Gasteiger partial charge is 0.355 e. The molecule has 3 fully saturated rings. The van der Waals surface area contributed by atoms with E-state index in [1.807, 2.05) is 110 Å². The van der Waals surface area contributed by atoms with Crippen molar-refractivity contribution in [3.8, 4) is 16.9 Å². The van der Waals surface area contributed by atoms with Crippen molar-refractivity contribution >= 4 is 78.7 Å². The lowest BCUT2D eigenvalue weighted by atomic mass is 9.76. The molecular weight excluding hydrogens is 943 g/mol. The van der Waals surface area contributed by atoms with Crippen molar-refractivity contribution in [2.45, 2.75) is 77.2 Å². The Morgan fingerprint density at radius 2 is 1.73 bits per heavy atom. The number of piperidine rings is 2. The van der Waals surface area contributed by atoms with Gasteiger partial charge in [-0.2, -0.15) is 5.10 Å². The van der Waals surface area contributed by atoms with Crippen LogP contribution in [-0.4, -0.2) is 92.1 Å². The Kier molecular flexibility index (Phi) is 13.0. The lowest BCUT2D eigenvalue weighted by Gasteiger charge is -2.39. The van der Waals surface area contributed by atoms with E-state index in [1.165, 1.54) is 17.8 Å². The number of aromatic nitrogens is 4. The van der Waals surface area contributed by atoms with Crippen LogP contribution in [0.1, 0.15) is 101 Å². The van der Waals surface area contributed by atoms with Crippen LogP contribution in [0, 0.1) is 18.3 Å². The molecule has 4 aliphatic rings. The van der Waals surface area contributed by atoms with Gasteiger partial charge in [-0.25, -0.2) is 14.8 Å². The summed E-state index contributed by atoms with van der Waals surface area (Å²) in [6.45, 7) is 5.59. The highest BCUT2D eigenvalue weighted by molar-refractivity contribution is 7.22. The van der Waals surface area contributed by atoms with Gasteiger partial charge >= 0.3 is 5.97 Å². The number of carbonyl (C=O) groups is 5. The molecule has 73 heavy (non-hydrogen) atoms. The van der Waals surface area contributed by atoms with E-state index in [1.54, 1.807) is 4.68 Å². The number of thiazole rings is 1. The number of carbonyl (C=O) groups excluding carboxylic acids is 4. The van der Waals surface area contributed by atoms with E-state index in [2.05, 4.69) is 30.9 Å². The minimum Gasteiger partial charge on any atom is -0.493 e. The number of hydrogen-bond acceptors (Lipinski definition) is 12. The number of likely N-dealkylation sites (tertiary alicyclic amines) is 1. The highest BCUT2D eigenvalue weighted by atomic mass is 32.1. The SMILES string of the molecule is Cc1c(OCCC2CCC3(CCN(CC(=O)Nc4ccc5c(C6CCC(=O)NC6=O)nn(C)c5c4)CC3)C2)cccc1-c1ccc(N2CCc3cccc(C(=O)Nc4nc5ccccc5s4)c3C2)nc1C(=O)O. The van der Waals surface area contributed by atoms with Crippen molar-refractivity contribution in [3.05, 3.63) is 125 Å². The molecule has 16 nitrogen and oxygen atoms in total. The average Bonchev–Trinajstić information content (AvgIpc) is 4.09. The summed E-state index contributed by atoms with van der Waals surface area (Å²) in [5.74, 6) is -0.711. The number of fused-ring (bicyclic) bond motifs is 3. The van der Waals surface area contributed by atoms with E-state index < -0.39 is 11.9 Å². The highest BCUT2D eigenvalue weighted by Gasteiger charge is 2.41. The maximum atomic E-state index is 13.7. The Balaban J connectivity index is 0.672. The number of para-hydroxylation sites is 1. The Labute approximate surface area is 426 Å². The van der Waals surface area contributed by atoms with Crippen LogP contribution in [0.3, 0.4) is 0 Å². The second-order valence-corrected chi connectivity index (χ2v) is 21.2. The molecule has 6 heterocycles. The van der Waals surface area contributed by atoms with Gasteiger partial charge in [-0.3, -0.25) is 39.4 Å². The van der Waals surface area contributed by atoms with Gasteiger partial charge in [0.1, 0.15) is 11.6 Å². The quantitative estimate of drug-likeness (QED) is 0.0801. The largest absolute Gasteiger partial charge is 0.493 e. The number of rotatable bonds is 13. The minimum atomic E-state index is -1.12. The summed E-state index contributed by atoms with van der Waals surface area (Å²) in [5.41, 5.74) is 7.82. The van der Waals surface area contributed by atoms with Crippen LogP contribution < -0.4 is 25.6 Å². The van der Waals surface area contributed by atoms with Crippen molar-refractivity contribution < 1.29 is 33.8 Å². The summed E-state index contributed by atoms with van der Waals surface area (Å²) in [5, 5.41) is 25.0. The third kappa shape index (κ3) is 9.78. The first-order chi connectivity index (χ1) is 35.4. The summed E-state index contributed by atoms with van der Waals surface area (Å²) in [6.07, 6.45) is 7.86. The molecule has 374 valence electrons. The topological polar surface area (TPSA) is 201 Å². The van der Waals surface area contributed by atoms with Gasteiger partial charge in [0.2, 0.25) is 17.7 Å². The molecule has 1 aliphatic carbocycles. The van der Waals surface area contributed by atoms with Gasteiger partial charge in [-0.15, -0.1) is 0 Å². The maximum absolute atomic E-state index is 13.7. The van der Waals surface area contributed by atoms with Gasteiger partial charge in [-0.1, -0.05) is 47.7 Å². The summed E-state index contributed by atoms with van der Waals surface area (Å²) < 4.78 is 9.16. The zero-order chi connectivity index (χ0) is 50.4. The number of aromatic carboxylic acids is 1. The minimum absolute atomic E-state index is 0.0422. The van der Waals surface area contributed by atoms with Gasteiger partial charge in [0.25, 0.3) is 5.91 Å². The van der Waals surface area contributed by atoms with E-state index in [4.69, 9.17) is 9.72 Å². The van der Waals surface area contributed by atoms with E-state index in [9.17, 15) is 29.1 Å². The maximum Gasteiger partial charge on any atom is 0.355 e.